The molecule has 1 unspecified atom stereocenters. The number of carbonyl (C=O) groups excluding carboxylic acids is 1. The van der Waals surface area contributed by atoms with Crippen LogP contribution in [0.15, 0.2) is 27.9 Å². The summed E-state index contributed by atoms with van der Waals surface area (Å²) in [6.07, 6.45) is 1.44. The molecule has 31 heavy (non-hydrogen) atoms. The van der Waals surface area contributed by atoms with Crippen LogP contribution in [0.5, 0.6) is 0 Å². The lowest BCUT2D eigenvalue weighted by atomic mass is 9.92. The molecule has 1 fully saturated rings. The first-order valence-corrected chi connectivity index (χ1v) is 12.6. The maximum Gasteiger partial charge on any atom is 0.355 e. The number of aromatic carboxylic acids is 1. The third-order valence-corrected chi connectivity index (χ3v) is 7.60. The van der Waals surface area contributed by atoms with Crippen LogP contribution >= 0.6 is 23.1 Å². The molecule has 1 saturated heterocycles. The van der Waals surface area contributed by atoms with Crippen LogP contribution in [0.25, 0.3) is 0 Å². The van der Waals surface area contributed by atoms with Crippen molar-refractivity contribution >= 4 is 40.7 Å². The van der Waals surface area contributed by atoms with Crippen molar-refractivity contribution in [3.63, 3.8) is 0 Å². The number of aromatic nitrogens is 1. The van der Waals surface area contributed by atoms with Gasteiger partial charge in [0.05, 0.1) is 0 Å². The van der Waals surface area contributed by atoms with Crippen LogP contribution in [0, 0.1) is 0 Å². The lowest BCUT2D eigenvalue weighted by Gasteiger charge is -2.27. The second-order valence-electron chi connectivity index (χ2n) is 8.43. The highest BCUT2D eigenvalue weighted by atomic mass is 32.2. The van der Waals surface area contributed by atoms with Crippen molar-refractivity contribution in [2.45, 2.75) is 62.8 Å². The zero-order valence-corrected chi connectivity index (χ0v) is 20.2. The number of likely N-dealkylation sites (tertiary alicyclic amines) is 1. The van der Waals surface area contributed by atoms with Gasteiger partial charge in [-0.15, -0.1) is 11.3 Å². The van der Waals surface area contributed by atoms with E-state index in [1.54, 1.807) is 5.38 Å². The Kier molecular flexibility index (Phi) is 8.00. The summed E-state index contributed by atoms with van der Waals surface area (Å²) in [4.78, 5) is 29.5. The smallest absolute Gasteiger partial charge is 0.355 e. The van der Waals surface area contributed by atoms with E-state index in [1.165, 1.54) is 39.9 Å². The Morgan fingerprint density at radius 3 is 2.55 bits per heavy atom. The Morgan fingerprint density at radius 1 is 1.29 bits per heavy atom. The standard InChI is InChI=1S/C23H31N3O3S2/c1-14(2)17-6-5-7-18(15(3)4)21(17)24-12-16-8-9-20(27)26(16)10-11-30-23-25-19(13-31-23)22(28)29/h5-7,13-16,24H,8-12H2,1-4H3,(H,28,29). The third kappa shape index (κ3) is 5.80. The molecule has 1 amide bonds. The molecule has 2 aromatic rings. The summed E-state index contributed by atoms with van der Waals surface area (Å²) in [5.74, 6) is 0.737. The van der Waals surface area contributed by atoms with Gasteiger partial charge in [-0.3, -0.25) is 4.79 Å². The molecule has 0 spiro atoms. The van der Waals surface area contributed by atoms with E-state index in [0.29, 0.717) is 30.6 Å². The van der Waals surface area contributed by atoms with Gasteiger partial charge in [-0.05, 0) is 29.4 Å². The first kappa shape index (κ1) is 23.6. The van der Waals surface area contributed by atoms with Crippen LogP contribution < -0.4 is 5.32 Å². The number of rotatable bonds is 10. The Balaban J connectivity index is 1.62. The molecule has 168 valence electrons. The number of benzene rings is 1. The molecule has 0 bridgehead atoms. The average Bonchev–Trinajstić information content (AvgIpc) is 3.33. The lowest BCUT2D eigenvalue weighted by molar-refractivity contribution is -0.128. The maximum atomic E-state index is 12.5. The van der Waals surface area contributed by atoms with Crippen LogP contribution in [0.2, 0.25) is 0 Å². The highest BCUT2D eigenvalue weighted by molar-refractivity contribution is 8.01. The summed E-state index contributed by atoms with van der Waals surface area (Å²) in [5.41, 5.74) is 3.92. The van der Waals surface area contributed by atoms with E-state index in [2.05, 4.69) is 56.2 Å². The number of carboxylic acid groups (broad SMARTS) is 1. The summed E-state index contributed by atoms with van der Waals surface area (Å²) in [6.45, 7) is 10.2. The van der Waals surface area contributed by atoms with E-state index in [9.17, 15) is 9.59 Å². The minimum absolute atomic E-state index is 0.0802. The Hall–Kier alpha value is -2.06. The van der Waals surface area contributed by atoms with E-state index in [1.807, 2.05) is 4.90 Å². The topological polar surface area (TPSA) is 82.5 Å². The van der Waals surface area contributed by atoms with Crippen molar-refractivity contribution in [3.8, 4) is 0 Å². The number of thioether (sulfide) groups is 1. The van der Waals surface area contributed by atoms with Crippen LogP contribution in [0.4, 0.5) is 5.69 Å². The predicted molar refractivity (Wildman–Crippen MR) is 128 cm³/mol. The largest absolute Gasteiger partial charge is 0.476 e. The molecule has 2 N–H and O–H groups in total. The summed E-state index contributed by atoms with van der Waals surface area (Å²) >= 11 is 2.84. The Morgan fingerprint density at radius 2 is 1.97 bits per heavy atom. The summed E-state index contributed by atoms with van der Waals surface area (Å²) < 4.78 is 0.728. The van der Waals surface area contributed by atoms with E-state index >= 15 is 0 Å². The summed E-state index contributed by atoms with van der Waals surface area (Å²) in [5, 5.41) is 14.2. The van der Waals surface area contributed by atoms with E-state index in [-0.39, 0.29) is 17.6 Å². The van der Waals surface area contributed by atoms with Gasteiger partial charge in [0, 0.05) is 42.4 Å². The Labute approximate surface area is 192 Å². The highest BCUT2D eigenvalue weighted by Crippen LogP contribution is 2.33. The first-order valence-electron chi connectivity index (χ1n) is 10.8. The zero-order chi connectivity index (χ0) is 22.5. The second-order valence-corrected chi connectivity index (χ2v) is 10.6. The summed E-state index contributed by atoms with van der Waals surface area (Å²) in [7, 11) is 0. The highest BCUT2D eigenvalue weighted by Gasteiger charge is 2.30. The van der Waals surface area contributed by atoms with Gasteiger partial charge in [-0.1, -0.05) is 57.7 Å². The van der Waals surface area contributed by atoms with Crippen molar-refractivity contribution in [3.05, 3.63) is 40.4 Å². The number of thiazole rings is 1. The molecule has 0 radical (unpaired) electrons. The molecule has 3 rings (SSSR count). The van der Waals surface area contributed by atoms with Crippen LogP contribution in [0.3, 0.4) is 0 Å². The number of nitrogens with one attached hydrogen (secondary N) is 1. The molecule has 1 atom stereocenters. The lowest BCUT2D eigenvalue weighted by Crippen LogP contribution is -2.39. The first-order chi connectivity index (χ1) is 14.8. The number of carboxylic acids is 1. The molecule has 1 aliphatic rings. The molecule has 8 heteroatoms. The monoisotopic (exact) mass is 461 g/mol. The van der Waals surface area contributed by atoms with Crippen molar-refractivity contribution in [1.82, 2.24) is 9.88 Å². The second kappa shape index (κ2) is 10.5. The Bertz CT molecular complexity index is 900. The van der Waals surface area contributed by atoms with Crippen molar-refractivity contribution in [2.24, 2.45) is 0 Å². The van der Waals surface area contributed by atoms with Gasteiger partial charge in [0.1, 0.15) is 0 Å². The normalized spacial score (nSPS) is 16.5. The van der Waals surface area contributed by atoms with Crippen LogP contribution in [0.1, 0.15) is 74.0 Å². The van der Waals surface area contributed by atoms with E-state index in [0.717, 1.165) is 17.3 Å². The minimum atomic E-state index is -1.01. The molecule has 1 aromatic carbocycles. The molecule has 1 aromatic heterocycles. The number of para-hydroxylation sites is 1. The summed E-state index contributed by atoms with van der Waals surface area (Å²) in [6, 6.07) is 6.67. The van der Waals surface area contributed by atoms with Gasteiger partial charge in [-0.2, -0.15) is 0 Å². The fraction of sp³-hybridized carbons (Fsp3) is 0.522. The number of anilines is 1. The third-order valence-electron chi connectivity index (χ3n) is 5.60. The molecule has 2 heterocycles. The molecule has 0 saturated carbocycles. The fourth-order valence-corrected chi connectivity index (χ4v) is 5.75. The minimum Gasteiger partial charge on any atom is -0.476 e. The molecule has 1 aliphatic heterocycles. The molecule has 0 aliphatic carbocycles. The quantitative estimate of drug-likeness (QED) is 0.468. The van der Waals surface area contributed by atoms with Crippen molar-refractivity contribution in [1.29, 1.82) is 0 Å². The number of carbonyl (C=O) groups is 2. The number of hydrogen-bond donors (Lipinski definition) is 2. The van der Waals surface area contributed by atoms with Gasteiger partial charge in [0.2, 0.25) is 5.91 Å². The van der Waals surface area contributed by atoms with E-state index in [4.69, 9.17) is 5.11 Å². The van der Waals surface area contributed by atoms with Gasteiger partial charge >= 0.3 is 5.97 Å². The zero-order valence-electron chi connectivity index (χ0n) is 18.6. The van der Waals surface area contributed by atoms with Crippen molar-refractivity contribution < 1.29 is 14.7 Å². The maximum absolute atomic E-state index is 12.5. The molecule has 6 nitrogen and oxygen atoms in total. The van der Waals surface area contributed by atoms with Gasteiger partial charge in [0.25, 0.3) is 0 Å². The molecular weight excluding hydrogens is 430 g/mol. The molecular formula is C23H31N3O3S2. The fourth-order valence-electron chi connectivity index (χ4n) is 3.94. The van der Waals surface area contributed by atoms with Gasteiger partial charge in [-0.25, -0.2) is 9.78 Å². The van der Waals surface area contributed by atoms with Crippen LogP contribution in [-0.2, 0) is 4.79 Å². The predicted octanol–water partition coefficient (Wildman–Crippen LogP) is 5.28. The van der Waals surface area contributed by atoms with Gasteiger partial charge in [0.15, 0.2) is 10.0 Å². The number of hydrogen-bond acceptors (Lipinski definition) is 6. The average molecular weight is 462 g/mol. The van der Waals surface area contributed by atoms with Crippen molar-refractivity contribution in [2.75, 3.05) is 24.2 Å². The van der Waals surface area contributed by atoms with E-state index < -0.39 is 5.97 Å². The van der Waals surface area contributed by atoms with Gasteiger partial charge < -0.3 is 15.3 Å². The number of amides is 1. The SMILES string of the molecule is CC(C)c1cccc(C(C)C)c1NCC1CCC(=O)N1CCSc1nc(C(=O)O)cs1. The number of nitrogens with zero attached hydrogens (tertiary/aromatic N) is 2. The van der Waals surface area contributed by atoms with Crippen LogP contribution in [-0.4, -0.2) is 51.8 Å².